The largest absolute Gasteiger partial charge is 0.376 e. The molecular formula is C24H31N3O5S. The lowest BCUT2D eigenvalue weighted by Gasteiger charge is -2.24. The van der Waals surface area contributed by atoms with E-state index in [2.05, 4.69) is 10.6 Å². The van der Waals surface area contributed by atoms with Crippen LogP contribution >= 0.6 is 0 Å². The van der Waals surface area contributed by atoms with Crippen LogP contribution in [0, 0.1) is 6.92 Å². The van der Waals surface area contributed by atoms with Crippen molar-refractivity contribution < 1.29 is 22.7 Å². The Morgan fingerprint density at radius 2 is 1.85 bits per heavy atom. The zero-order valence-electron chi connectivity index (χ0n) is 19.0. The van der Waals surface area contributed by atoms with E-state index in [4.69, 9.17) is 4.74 Å². The molecule has 0 bridgehead atoms. The average Bonchev–Trinajstić information content (AvgIpc) is 3.29. The number of carbonyl (C=O) groups excluding carboxylic acids is 2. The Bertz CT molecular complexity index is 1080. The number of aryl methyl sites for hydroxylation is 1. The van der Waals surface area contributed by atoms with Crippen molar-refractivity contribution in [3.05, 3.63) is 59.7 Å². The molecule has 2 aromatic carbocycles. The highest BCUT2D eigenvalue weighted by Gasteiger charge is 2.20. The second kappa shape index (κ2) is 11.3. The van der Waals surface area contributed by atoms with E-state index in [0.29, 0.717) is 36.5 Å². The zero-order valence-corrected chi connectivity index (χ0v) is 19.9. The van der Waals surface area contributed by atoms with Gasteiger partial charge < -0.3 is 15.4 Å². The topological polar surface area (TPSA) is 105 Å². The lowest BCUT2D eigenvalue weighted by Crippen LogP contribution is -2.33. The summed E-state index contributed by atoms with van der Waals surface area (Å²) < 4.78 is 31.4. The van der Waals surface area contributed by atoms with Gasteiger partial charge in [-0.3, -0.25) is 13.9 Å². The molecule has 1 aliphatic heterocycles. The van der Waals surface area contributed by atoms with Crippen LogP contribution in [0.2, 0.25) is 0 Å². The predicted octanol–water partition coefficient (Wildman–Crippen LogP) is 3.09. The molecule has 0 aliphatic carbocycles. The molecule has 9 heteroatoms. The Hall–Kier alpha value is -2.91. The number of rotatable bonds is 10. The second-order valence-electron chi connectivity index (χ2n) is 8.16. The summed E-state index contributed by atoms with van der Waals surface area (Å²) in [5.41, 5.74) is 2.25. The van der Waals surface area contributed by atoms with Crippen LogP contribution in [0.4, 0.5) is 11.4 Å². The maximum absolute atomic E-state index is 12.6. The van der Waals surface area contributed by atoms with Crippen LogP contribution in [0.25, 0.3) is 0 Å². The third-order valence-corrected chi connectivity index (χ3v) is 6.69. The van der Waals surface area contributed by atoms with Gasteiger partial charge in [0.15, 0.2) is 0 Å². The summed E-state index contributed by atoms with van der Waals surface area (Å²) in [6, 6.07) is 14.1. The number of carbonyl (C=O) groups is 2. The fourth-order valence-corrected chi connectivity index (χ4v) is 4.82. The SMILES string of the molecule is Cc1ccccc1N(CCCC(=O)Nc1ccccc1C(=O)NC[C@H]1CCCO1)S(C)(=O)=O. The summed E-state index contributed by atoms with van der Waals surface area (Å²) in [4.78, 5) is 25.2. The number of nitrogens with zero attached hydrogens (tertiary/aromatic N) is 1. The average molecular weight is 474 g/mol. The summed E-state index contributed by atoms with van der Waals surface area (Å²) >= 11 is 0. The van der Waals surface area contributed by atoms with Crippen LogP contribution in [0.15, 0.2) is 48.5 Å². The molecule has 0 saturated carbocycles. The molecule has 0 unspecified atom stereocenters. The summed E-state index contributed by atoms with van der Waals surface area (Å²) in [7, 11) is -3.49. The standard InChI is InChI=1S/C24H31N3O5S/c1-18-9-3-6-13-22(18)27(33(2,30)31)15-7-14-23(28)26-21-12-5-4-11-20(21)24(29)25-17-19-10-8-16-32-19/h3-6,9,11-13,19H,7-8,10,14-17H2,1-2H3,(H,25,29)(H,26,28)/t19-/m1/s1. The van der Waals surface area contributed by atoms with E-state index < -0.39 is 10.0 Å². The van der Waals surface area contributed by atoms with Crippen molar-refractivity contribution in [1.29, 1.82) is 0 Å². The maximum Gasteiger partial charge on any atom is 0.253 e. The Balaban J connectivity index is 1.57. The smallest absolute Gasteiger partial charge is 0.253 e. The van der Waals surface area contributed by atoms with E-state index in [-0.39, 0.29) is 30.9 Å². The van der Waals surface area contributed by atoms with Crippen LogP contribution < -0.4 is 14.9 Å². The lowest BCUT2D eigenvalue weighted by molar-refractivity contribution is -0.116. The Morgan fingerprint density at radius 1 is 1.12 bits per heavy atom. The number of benzene rings is 2. The number of hydrogen-bond donors (Lipinski definition) is 2. The molecule has 1 atom stereocenters. The third kappa shape index (κ3) is 7.03. The molecule has 8 nitrogen and oxygen atoms in total. The third-order valence-electron chi connectivity index (χ3n) is 5.51. The van der Waals surface area contributed by atoms with Crippen molar-refractivity contribution in [1.82, 2.24) is 5.32 Å². The van der Waals surface area contributed by atoms with Gasteiger partial charge in [-0.15, -0.1) is 0 Å². The molecule has 178 valence electrons. The van der Waals surface area contributed by atoms with Crippen molar-refractivity contribution in [2.75, 3.05) is 35.6 Å². The molecule has 1 heterocycles. The molecule has 0 aromatic heterocycles. The van der Waals surface area contributed by atoms with Crippen LogP contribution in [-0.2, 0) is 19.6 Å². The molecule has 0 spiro atoms. The van der Waals surface area contributed by atoms with Crippen LogP contribution in [-0.4, -0.2) is 52.3 Å². The van der Waals surface area contributed by atoms with E-state index >= 15 is 0 Å². The fraction of sp³-hybridized carbons (Fsp3) is 0.417. The molecule has 1 aliphatic rings. The Kier molecular flexibility index (Phi) is 8.46. The summed E-state index contributed by atoms with van der Waals surface area (Å²) in [5, 5.41) is 5.65. The number of hydrogen-bond acceptors (Lipinski definition) is 5. The number of para-hydroxylation sites is 2. The van der Waals surface area contributed by atoms with Crippen molar-refractivity contribution in [2.24, 2.45) is 0 Å². The van der Waals surface area contributed by atoms with Crippen LogP contribution in [0.5, 0.6) is 0 Å². The summed E-state index contributed by atoms with van der Waals surface area (Å²) in [5.74, 6) is -0.559. The number of ether oxygens (including phenoxy) is 1. The lowest BCUT2D eigenvalue weighted by atomic mass is 10.1. The molecule has 2 aromatic rings. The summed E-state index contributed by atoms with van der Waals surface area (Å²) in [6.45, 7) is 3.18. The van der Waals surface area contributed by atoms with Crippen molar-refractivity contribution >= 4 is 33.2 Å². The minimum atomic E-state index is -3.49. The van der Waals surface area contributed by atoms with Gasteiger partial charge in [0.2, 0.25) is 15.9 Å². The first-order valence-electron chi connectivity index (χ1n) is 11.1. The van der Waals surface area contributed by atoms with Crippen molar-refractivity contribution in [3.63, 3.8) is 0 Å². The van der Waals surface area contributed by atoms with Crippen molar-refractivity contribution in [2.45, 2.75) is 38.7 Å². The van der Waals surface area contributed by atoms with E-state index in [1.165, 1.54) is 4.31 Å². The molecule has 1 fully saturated rings. The first-order chi connectivity index (χ1) is 15.8. The van der Waals surface area contributed by atoms with Gasteiger partial charge in [0.1, 0.15) is 0 Å². The van der Waals surface area contributed by atoms with Gasteiger partial charge in [0.05, 0.1) is 29.3 Å². The van der Waals surface area contributed by atoms with E-state index in [1.54, 1.807) is 36.4 Å². The first-order valence-corrected chi connectivity index (χ1v) is 12.9. The van der Waals surface area contributed by atoms with Gasteiger partial charge >= 0.3 is 0 Å². The molecule has 3 rings (SSSR count). The minimum absolute atomic E-state index is 0.0294. The highest BCUT2D eigenvalue weighted by molar-refractivity contribution is 7.92. The molecular weight excluding hydrogens is 442 g/mol. The number of sulfonamides is 1. The Labute approximate surface area is 195 Å². The second-order valence-corrected chi connectivity index (χ2v) is 10.1. The highest BCUT2D eigenvalue weighted by Crippen LogP contribution is 2.23. The monoisotopic (exact) mass is 473 g/mol. The minimum Gasteiger partial charge on any atom is -0.376 e. The molecule has 2 N–H and O–H groups in total. The highest BCUT2D eigenvalue weighted by atomic mass is 32.2. The van der Waals surface area contributed by atoms with Crippen molar-refractivity contribution in [3.8, 4) is 0 Å². The molecule has 2 amide bonds. The molecule has 33 heavy (non-hydrogen) atoms. The van der Waals surface area contributed by atoms with E-state index in [9.17, 15) is 18.0 Å². The van der Waals surface area contributed by atoms with Crippen LogP contribution in [0.3, 0.4) is 0 Å². The van der Waals surface area contributed by atoms with Gasteiger partial charge in [-0.2, -0.15) is 0 Å². The van der Waals surface area contributed by atoms with Crippen LogP contribution in [0.1, 0.15) is 41.6 Å². The van der Waals surface area contributed by atoms with Gasteiger partial charge in [-0.05, 0) is 49.9 Å². The number of anilines is 2. The summed E-state index contributed by atoms with van der Waals surface area (Å²) in [6.07, 6.45) is 3.55. The first kappa shape index (κ1) is 24.7. The molecule has 0 radical (unpaired) electrons. The van der Waals surface area contributed by atoms with E-state index in [0.717, 1.165) is 24.7 Å². The number of amides is 2. The maximum atomic E-state index is 12.6. The van der Waals surface area contributed by atoms with E-state index in [1.807, 2.05) is 19.1 Å². The van der Waals surface area contributed by atoms with Gasteiger partial charge in [-0.25, -0.2) is 8.42 Å². The predicted molar refractivity (Wildman–Crippen MR) is 129 cm³/mol. The zero-order chi connectivity index (χ0) is 23.8. The normalized spacial score (nSPS) is 15.8. The van der Waals surface area contributed by atoms with Gasteiger partial charge in [-0.1, -0.05) is 30.3 Å². The Morgan fingerprint density at radius 3 is 2.55 bits per heavy atom. The molecule has 1 saturated heterocycles. The van der Waals surface area contributed by atoms with Gasteiger partial charge in [0.25, 0.3) is 5.91 Å². The quantitative estimate of drug-likeness (QED) is 0.552. The number of nitrogens with one attached hydrogen (secondary N) is 2. The fourth-order valence-electron chi connectivity index (χ4n) is 3.80. The van der Waals surface area contributed by atoms with Gasteiger partial charge in [0, 0.05) is 26.1 Å².